The molecule has 0 aromatic heterocycles. The predicted molar refractivity (Wildman–Crippen MR) is 114 cm³/mol. The van der Waals surface area contributed by atoms with E-state index in [0.29, 0.717) is 11.5 Å². The van der Waals surface area contributed by atoms with Gasteiger partial charge in [0.05, 0.1) is 0 Å². The molecule has 31 heavy (non-hydrogen) atoms. The summed E-state index contributed by atoms with van der Waals surface area (Å²) in [5, 5.41) is 0. The van der Waals surface area contributed by atoms with E-state index in [1.54, 1.807) is 0 Å². The molecule has 0 bridgehead atoms. The monoisotopic (exact) mass is 440 g/mol. The van der Waals surface area contributed by atoms with E-state index in [0.717, 1.165) is 43.4 Å². The van der Waals surface area contributed by atoms with Crippen molar-refractivity contribution in [2.24, 2.45) is 23.7 Å². The lowest BCUT2D eigenvalue weighted by atomic mass is 9.72. The Labute approximate surface area is 183 Å². The van der Waals surface area contributed by atoms with Crippen molar-refractivity contribution >= 4 is 0 Å². The van der Waals surface area contributed by atoms with Gasteiger partial charge in [-0.15, -0.1) is 0 Å². The highest BCUT2D eigenvalue weighted by Crippen LogP contribution is 2.44. The lowest BCUT2D eigenvalue weighted by molar-refractivity contribution is -0.0546. The SMILES string of the molecule is Fc1cc(C2CCC(CC[C@H]3CC[C@H](C4CCCC4)CC3)CC2)cc(F)c1OC(F)F. The summed E-state index contributed by atoms with van der Waals surface area (Å²) < 4.78 is 56.7. The third-order valence-electron chi connectivity index (χ3n) is 8.49. The van der Waals surface area contributed by atoms with E-state index < -0.39 is 24.0 Å². The lowest BCUT2D eigenvalue weighted by Crippen LogP contribution is -2.21. The molecule has 1 aromatic rings. The van der Waals surface area contributed by atoms with Crippen LogP contribution in [0.5, 0.6) is 5.75 Å². The van der Waals surface area contributed by atoms with E-state index in [4.69, 9.17) is 0 Å². The van der Waals surface area contributed by atoms with Crippen molar-refractivity contribution in [1.82, 2.24) is 0 Å². The Balaban J connectivity index is 1.20. The van der Waals surface area contributed by atoms with Gasteiger partial charge in [-0.3, -0.25) is 0 Å². The Bertz CT molecular complexity index is 676. The van der Waals surface area contributed by atoms with Crippen molar-refractivity contribution in [2.45, 2.75) is 102 Å². The predicted octanol–water partition coefficient (Wildman–Crippen LogP) is 8.62. The molecule has 0 N–H and O–H groups in total. The molecule has 4 rings (SSSR count). The van der Waals surface area contributed by atoms with Crippen molar-refractivity contribution in [2.75, 3.05) is 0 Å². The Morgan fingerprint density at radius 3 is 1.71 bits per heavy atom. The van der Waals surface area contributed by atoms with Gasteiger partial charge in [-0.25, -0.2) is 8.78 Å². The van der Waals surface area contributed by atoms with Crippen LogP contribution in [-0.2, 0) is 0 Å². The summed E-state index contributed by atoms with van der Waals surface area (Å²) in [6.45, 7) is -3.23. The van der Waals surface area contributed by atoms with Gasteiger partial charge in [0.15, 0.2) is 17.4 Å². The Morgan fingerprint density at radius 2 is 1.19 bits per heavy atom. The maximum absolute atomic E-state index is 14.1. The van der Waals surface area contributed by atoms with E-state index in [9.17, 15) is 17.6 Å². The van der Waals surface area contributed by atoms with Crippen LogP contribution < -0.4 is 4.74 Å². The average Bonchev–Trinajstić information content (AvgIpc) is 3.30. The van der Waals surface area contributed by atoms with Gasteiger partial charge in [-0.1, -0.05) is 51.4 Å². The van der Waals surface area contributed by atoms with Crippen LogP contribution in [0.2, 0.25) is 0 Å². The van der Waals surface area contributed by atoms with Gasteiger partial charge in [0, 0.05) is 0 Å². The fraction of sp³-hybridized carbons (Fsp3) is 0.769. The molecule has 0 aliphatic heterocycles. The molecule has 3 aliphatic rings. The highest BCUT2D eigenvalue weighted by Gasteiger charge is 2.30. The molecular formula is C26H36F4O. The maximum Gasteiger partial charge on any atom is 0.387 e. The summed E-state index contributed by atoms with van der Waals surface area (Å²) in [4.78, 5) is 0. The van der Waals surface area contributed by atoms with Crippen molar-refractivity contribution < 1.29 is 22.3 Å². The zero-order valence-electron chi connectivity index (χ0n) is 18.4. The number of hydrogen-bond donors (Lipinski definition) is 0. The van der Waals surface area contributed by atoms with Crippen molar-refractivity contribution in [3.63, 3.8) is 0 Å². The summed E-state index contributed by atoms with van der Waals surface area (Å²) in [6, 6.07) is 2.35. The van der Waals surface area contributed by atoms with Gasteiger partial charge in [0.1, 0.15) is 0 Å². The Kier molecular flexibility index (Phi) is 7.81. The van der Waals surface area contributed by atoms with Crippen molar-refractivity contribution in [3.05, 3.63) is 29.3 Å². The molecule has 0 unspecified atom stereocenters. The number of alkyl halides is 2. The molecule has 5 heteroatoms. The minimum atomic E-state index is -3.23. The van der Waals surface area contributed by atoms with Crippen LogP contribution in [0.15, 0.2) is 12.1 Å². The van der Waals surface area contributed by atoms with Gasteiger partial charge in [0.25, 0.3) is 0 Å². The zero-order chi connectivity index (χ0) is 21.8. The molecule has 0 heterocycles. The molecule has 3 aliphatic carbocycles. The zero-order valence-corrected chi connectivity index (χ0v) is 18.4. The molecule has 0 spiro atoms. The maximum atomic E-state index is 14.1. The first-order chi connectivity index (χ1) is 15.0. The first-order valence-electron chi connectivity index (χ1n) is 12.4. The van der Waals surface area contributed by atoms with Crippen LogP contribution in [0.25, 0.3) is 0 Å². The summed E-state index contributed by atoms with van der Waals surface area (Å²) >= 11 is 0. The molecule has 3 fully saturated rings. The minimum Gasteiger partial charge on any atom is -0.429 e. The number of hydrogen-bond acceptors (Lipinski definition) is 1. The molecule has 0 atom stereocenters. The average molecular weight is 441 g/mol. The van der Waals surface area contributed by atoms with Gasteiger partial charge in [-0.2, -0.15) is 8.78 Å². The fourth-order valence-electron chi connectivity index (χ4n) is 6.65. The lowest BCUT2D eigenvalue weighted by Gasteiger charge is -2.34. The van der Waals surface area contributed by atoms with E-state index >= 15 is 0 Å². The smallest absolute Gasteiger partial charge is 0.387 e. The summed E-state index contributed by atoms with van der Waals surface area (Å²) in [7, 11) is 0. The topological polar surface area (TPSA) is 9.23 Å². The second-order valence-electron chi connectivity index (χ2n) is 10.3. The second kappa shape index (κ2) is 10.6. The summed E-state index contributed by atoms with van der Waals surface area (Å²) in [5.41, 5.74) is 0.570. The highest BCUT2D eigenvalue weighted by molar-refractivity contribution is 5.33. The normalized spacial score (nSPS) is 30.1. The Morgan fingerprint density at radius 1 is 0.710 bits per heavy atom. The molecule has 3 saturated carbocycles. The largest absolute Gasteiger partial charge is 0.429 e. The molecule has 0 radical (unpaired) electrons. The standard InChI is InChI=1S/C26H36F4O/c27-23-15-22(16-24(28)25(23)31-26(29)30)21-13-9-18(10-14-21)6-5-17-7-11-20(12-8-17)19-3-1-2-4-19/h15-21,26H,1-14H2/t17-,18?,20-,21?. The fourth-order valence-corrected chi connectivity index (χ4v) is 6.65. The molecule has 0 amide bonds. The summed E-state index contributed by atoms with van der Waals surface area (Å²) in [5.74, 6) is 0.657. The van der Waals surface area contributed by atoms with Crippen LogP contribution in [0, 0.1) is 35.3 Å². The number of halogens is 4. The van der Waals surface area contributed by atoms with Gasteiger partial charge in [-0.05, 0) is 85.8 Å². The van der Waals surface area contributed by atoms with Crippen LogP contribution in [-0.4, -0.2) is 6.61 Å². The number of rotatable bonds is 7. The van der Waals surface area contributed by atoms with Crippen LogP contribution in [0.4, 0.5) is 17.6 Å². The molecule has 174 valence electrons. The van der Waals surface area contributed by atoms with E-state index in [1.807, 2.05) is 0 Å². The van der Waals surface area contributed by atoms with Crippen LogP contribution in [0.3, 0.4) is 0 Å². The first-order valence-corrected chi connectivity index (χ1v) is 12.4. The van der Waals surface area contributed by atoms with E-state index in [2.05, 4.69) is 4.74 Å². The molecule has 1 nitrogen and oxygen atoms in total. The Hall–Kier alpha value is -1.26. The molecule has 1 aromatic carbocycles. The minimum absolute atomic E-state index is 0.0997. The van der Waals surface area contributed by atoms with E-state index in [-0.39, 0.29) is 5.92 Å². The molecule has 0 saturated heterocycles. The van der Waals surface area contributed by atoms with Crippen molar-refractivity contribution in [3.8, 4) is 5.75 Å². The number of ether oxygens (including phenoxy) is 1. The van der Waals surface area contributed by atoms with Gasteiger partial charge < -0.3 is 4.74 Å². The second-order valence-corrected chi connectivity index (χ2v) is 10.3. The third-order valence-corrected chi connectivity index (χ3v) is 8.49. The quantitative estimate of drug-likeness (QED) is 0.386. The summed E-state index contributed by atoms with van der Waals surface area (Å²) in [6.07, 6.45) is 18.1. The van der Waals surface area contributed by atoms with E-state index in [1.165, 1.54) is 76.3 Å². The van der Waals surface area contributed by atoms with Crippen LogP contribution in [0.1, 0.15) is 101 Å². The van der Waals surface area contributed by atoms with Gasteiger partial charge >= 0.3 is 6.61 Å². The van der Waals surface area contributed by atoms with Gasteiger partial charge in [0.2, 0.25) is 0 Å². The number of benzene rings is 1. The van der Waals surface area contributed by atoms with Crippen LogP contribution >= 0.6 is 0 Å². The van der Waals surface area contributed by atoms with Crippen molar-refractivity contribution in [1.29, 1.82) is 0 Å². The molecular weight excluding hydrogens is 404 g/mol. The third kappa shape index (κ3) is 5.96. The first kappa shape index (κ1) is 22.9. The highest BCUT2D eigenvalue weighted by atomic mass is 19.3.